The lowest BCUT2D eigenvalue weighted by atomic mass is 9.84. The van der Waals surface area contributed by atoms with E-state index >= 15 is 0 Å². The predicted octanol–water partition coefficient (Wildman–Crippen LogP) is 2.34. The lowest BCUT2D eigenvalue weighted by Gasteiger charge is -2.35. The van der Waals surface area contributed by atoms with Crippen molar-refractivity contribution in [2.24, 2.45) is 11.7 Å². The van der Waals surface area contributed by atoms with Crippen LogP contribution in [-0.4, -0.2) is 36.2 Å². The molecule has 3 nitrogen and oxygen atoms in total. The van der Waals surface area contributed by atoms with Gasteiger partial charge in [-0.1, -0.05) is 43.7 Å². The van der Waals surface area contributed by atoms with Crippen LogP contribution < -0.4 is 5.73 Å². The standard InChI is InChI=1S/C17H28N2O/c1-2-19(13-15-7-6-8-15)12-11-17(18,14-20)16-9-4-3-5-10-16/h3-5,9-10,15,20H,2,6-8,11-14,18H2,1H3. The summed E-state index contributed by atoms with van der Waals surface area (Å²) in [4.78, 5) is 2.48. The van der Waals surface area contributed by atoms with Crippen molar-refractivity contribution in [2.75, 3.05) is 26.2 Å². The van der Waals surface area contributed by atoms with Crippen LogP contribution in [0.4, 0.5) is 0 Å². The van der Waals surface area contributed by atoms with Gasteiger partial charge in [0.25, 0.3) is 0 Å². The molecular formula is C17H28N2O. The van der Waals surface area contributed by atoms with E-state index in [0.29, 0.717) is 0 Å². The van der Waals surface area contributed by atoms with Gasteiger partial charge >= 0.3 is 0 Å². The molecule has 3 N–H and O–H groups in total. The van der Waals surface area contributed by atoms with E-state index in [-0.39, 0.29) is 6.61 Å². The zero-order valence-electron chi connectivity index (χ0n) is 12.6. The summed E-state index contributed by atoms with van der Waals surface area (Å²) >= 11 is 0. The highest BCUT2D eigenvalue weighted by molar-refractivity contribution is 5.24. The Morgan fingerprint density at radius 3 is 2.50 bits per heavy atom. The van der Waals surface area contributed by atoms with Gasteiger partial charge in [0, 0.05) is 13.1 Å². The normalized spacial score (nSPS) is 18.8. The number of rotatable bonds is 8. The summed E-state index contributed by atoms with van der Waals surface area (Å²) < 4.78 is 0. The van der Waals surface area contributed by atoms with Crippen molar-refractivity contribution in [1.29, 1.82) is 0 Å². The molecule has 1 aliphatic rings. The Balaban J connectivity index is 1.91. The van der Waals surface area contributed by atoms with Crippen LogP contribution in [0.15, 0.2) is 30.3 Å². The number of hydrogen-bond donors (Lipinski definition) is 2. The molecule has 0 saturated heterocycles. The zero-order chi connectivity index (χ0) is 14.4. The molecule has 1 unspecified atom stereocenters. The third-order valence-electron chi connectivity index (χ3n) is 4.69. The first-order chi connectivity index (χ1) is 9.68. The van der Waals surface area contributed by atoms with Crippen molar-refractivity contribution >= 4 is 0 Å². The average molecular weight is 276 g/mol. The van der Waals surface area contributed by atoms with E-state index in [1.165, 1.54) is 25.8 Å². The average Bonchev–Trinajstić information content (AvgIpc) is 2.46. The summed E-state index contributed by atoms with van der Waals surface area (Å²) in [6.45, 7) is 5.41. The summed E-state index contributed by atoms with van der Waals surface area (Å²) in [6.07, 6.45) is 4.95. The second kappa shape index (κ2) is 7.21. The summed E-state index contributed by atoms with van der Waals surface area (Å²) in [5.41, 5.74) is 6.84. The van der Waals surface area contributed by atoms with Crippen molar-refractivity contribution < 1.29 is 5.11 Å². The van der Waals surface area contributed by atoms with Crippen molar-refractivity contribution in [3.8, 4) is 0 Å². The van der Waals surface area contributed by atoms with Crippen molar-refractivity contribution in [3.63, 3.8) is 0 Å². The lowest BCUT2D eigenvalue weighted by molar-refractivity contribution is 0.142. The van der Waals surface area contributed by atoms with Crippen molar-refractivity contribution in [1.82, 2.24) is 4.90 Å². The minimum absolute atomic E-state index is 0.00199. The molecule has 1 saturated carbocycles. The van der Waals surface area contributed by atoms with Crippen LogP contribution in [0, 0.1) is 5.92 Å². The molecule has 0 heterocycles. The molecule has 2 rings (SSSR count). The lowest BCUT2D eigenvalue weighted by Crippen LogP contribution is -2.44. The molecule has 3 heteroatoms. The maximum atomic E-state index is 9.72. The summed E-state index contributed by atoms with van der Waals surface area (Å²) in [5, 5.41) is 9.72. The molecule has 1 fully saturated rings. The smallest absolute Gasteiger partial charge is 0.0656 e. The van der Waals surface area contributed by atoms with Gasteiger partial charge < -0.3 is 15.7 Å². The molecule has 0 amide bonds. The van der Waals surface area contributed by atoms with Crippen LogP contribution in [-0.2, 0) is 5.54 Å². The second-order valence-corrected chi connectivity index (χ2v) is 6.12. The fourth-order valence-electron chi connectivity index (χ4n) is 2.86. The molecule has 1 aromatic carbocycles. The van der Waals surface area contributed by atoms with Crippen LogP contribution in [0.5, 0.6) is 0 Å². The molecule has 0 bridgehead atoms. The van der Waals surface area contributed by atoms with E-state index in [0.717, 1.165) is 31.0 Å². The van der Waals surface area contributed by atoms with E-state index in [9.17, 15) is 5.11 Å². The maximum Gasteiger partial charge on any atom is 0.0656 e. The number of nitrogens with two attached hydrogens (primary N) is 1. The van der Waals surface area contributed by atoms with Gasteiger partial charge in [-0.05, 0) is 37.3 Å². The first-order valence-corrected chi connectivity index (χ1v) is 7.85. The number of benzene rings is 1. The molecule has 0 spiro atoms. The molecule has 20 heavy (non-hydrogen) atoms. The van der Waals surface area contributed by atoms with Crippen LogP contribution in [0.2, 0.25) is 0 Å². The number of nitrogens with zero attached hydrogens (tertiary/aromatic N) is 1. The Labute approximate surface area is 122 Å². The molecule has 112 valence electrons. The Morgan fingerprint density at radius 1 is 1.30 bits per heavy atom. The van der Waals surface area contributed by atoms with E-state index in [1.54, 1.807) is 0 Å². The quantitative estimate of drug-likeness (QED) is 0.766. The topological polar surface area (TPSA) is 49.5 Å². The second-order valence-electron chi connectivity index (χ2n) is 6.12. The monoisotopic (exact) mass is 276 g/mol. The van der Waals surface area contributed by atoms with E-state index < -0.39 is 5.54 Å². The van der Waals surface area contributed by atoms with Crippen molar-refractivity contribution in [2.45, 2.75) is 38.1 Å². The van der Waals surface area contributed by atoms with E-state index in [2.05, 4.69) is 11.8 Å². The van der Waals surface area contributed by atoms with Gasteiger partial charge in [-0.25, -0.2) is 0 Å². The highest BCUT2D eigenvalue weighted by Gasteiger charge is 2.27. The van der Waals surface area contributed by atoms with Crippen LogP contribution in [0.25, 0.3) is 0 Å². The Bertz CT molecular complexity index is 391. The van der Waals surface area contributed by atoms with Gasteiger partial charge in [0.15, 0.2) is 0 Å². The summed E-state index contributed by atoms with van der Waals surface area (Å²) in [5.74, 6) is 0.882. The third-order valence-corrected chi connectivity index (χ3v) is 4.69. The largest absolute Gasteiger partial charge is 0.394 e. The molecule has 0 aromatic heterocycles. The number of aliphatic hydroxyl groups is 1. The van der Waals surface area contributed by atoms with Gasteiger partial charge in [0.1, 0.15) is 0 Å². The van der Waals surface area contributed by atoms with Gasteiger partial charge in [0.05, 0.1) is 12.1 Å². The Hall–Kier alpha value is -0.900. The summed E-state index contributed by atoms with van der Waals surface area (Å²) in [7, 11) is 0. The molecule has 0 aliphatic heterocycles. The van der Waals surface area contributed by atoms with Gasteiger partial charge in [-0.15, -0.1) is 0 Å². The SMILES string of the molecule is CCN(CCC(N)(CO)c1ccccc1)CC1CCC1. The first-order valence-electron chi connectivity index (χ1n) is 7.85. The van der Waals surface area contributed by atoms with Crippen LogP contribution in [0.3, 0.4) is 0 Å². The molecule has 1 aromatic rings. The van der Waals surface area contributed by atoms with Gasteiger partial charge in [0.2, 0.25) is 0 Å². The fourth-order valence-corrected chi connectivity index (χ4v) is 2.86. The predicted molar refractivity (Wildman–Crippen MR) is 83.5 cm³/mol. The Kier molecular flexibility index (Phi) is 5.58. The van der Waals surface area contributed by atoms with E-state index in [4.69, 9.17) is 5.73 Å². The minimum atomic E-state index is -0.617. The first kappa shape index (κ1) is 15.5. The maximum absolute atomic E-state index is 9.72. The molecule has 0 radical (unpaired) electrons. The summed E-state index contributed by atoms with van der Waals surface area (Å²) in [6, 6.07) is 9.98. The zero-order valence-corrected chi connectivity index (χ0v) is 12.6. The highest BCUT2D eigenvalue weighted by atomic mass is 16.3. The number of hydrogen-bond acceptors (Lipinski definition) is 3. The van der Waals surface area contributed by atoms with Gasteiger partial charge in [-0.3, -0.25) is 0 Å². The Morgan fingerprint density at radius 2 is 2.00 bits per heavy atom. The van der Waals surface area contributed by atoms with Crippen LogP contribution in [0.1, 0.15) is 38.2 Å². The van der Waals surface area contributed by atoms with E-state index in [1.807, 2.05) is 30.3 Å². The highest BCUT2D eigenvalue weighted by Crippen LogP contribution is 2.28. The molecular weight excluding hydrogens is 248 g/mol. The third kappa shape index (κ3) is 3.81. The number of aliphatic hydroxyl groups excluding tert-OH is 1. The molecule has 1 aliphatic carbocycles. The van der Waals surface area contributed by atoms with Crippen LogP contribution >= 0.6 is 0 Å². The minimum Gasteiger partial charge on any atom is -0.394 e. The fraction of sp³-hybridized carbons (Fsp3) is 0.647. The van der Waals surface area contributed by atoms with Gasteiger partial charge in [-0.2, -0.15) is 0 Å². The van der Waals surface area contributed by atoms with Crippen molar-refractivity contribution in [3.05, 3.63) is 35.9 Å². The molecule has 1 atom stereocenters.